The van der Waals surface area contributed by atoms with E-state index in [1.54, 1.807) is 0 Å². The van der Waals surface area contributed by atoms with Gasteiger partial charge in [0.1, 0.15) is 0 Å². The fourth-order valence-corrected chi connectivity index (χ4v) is 1.96. The minimum absolute atomic E-state index is 0.322. The van der Waals surface area contributed by atoms with Gasteiger partial charge >= 0.3 is 12.2 Å². The Labute approximate surface area is 117 Å². The summed E-state index contributed by atoms with van der Waals surface area (Å²) in [6.07, 6.45) is -6.19. The van der Waals surface area contributed by atoms with E-state index in [9.17, 15) is 26.7 Å². The number of para-hydroxylation sites is 1. The van der Waals surface area contributed by atoms with Crippen LogP contribution in [-0.2, 0) is 6.18 Å². The zero-order chi connectivity index (χ0) is 15.6. The van der Waals surface area contributed by atoms with E-state index in [4.69, 9.17) is 0 Å². The van der Waals surface area contributed by atoms with E-state index < -0.39 is 36.4 Å². The molecule has 0 heterocycles. The SMILES string of the molecule is O=C(Nc1ccccc1C(F)(F)F)N(CC(F)F)C1CC1. The molecule has 0 spiro atoms. The molecular weight excluding hydrogens is 295 g/mol. The summed E-state index contributed by atoms with van der Waals surface area (Å²) in [4.78, 5) is 12.8. The Morgan fingerprint density at radius 1 is 1.29 bits per heavy atom. The van der Waals surface area contributed by atoms with Crippen LogP contribution in [0, 0.1) is 0 Å². The lowest BCUT2D eigenvalue weighted by atomic mass is 10.1. The number of hydrogen-bond acceptors (Lipinski definition) is 1. The minimum atomic E-state index is -4.63. The predicted octanol–water partition coefficient (Wildman–Crippen LogP) is 3.97. The Kier molecular flexibility index (Phi) is 4.34. The van der Waals surface area contributed by atoms with Crippen molar-refractivity contribution < 1.29 is 26.7 Å². The van der Waals surface area contributed by atoms with Gasteiger partial charge in [0.15, 0.2) is 0 Å². The quantitative estimate of drug-likeness (QED) is 0.839. The predicted molar refractivity (Wildman–Crippen MR) is 66.2 cm³/mol. The molecule has 1 aliphatic carbocycles. The number of halogens is 5. The summed E-state index contributed by atoms with van der Waals surface area (Å²) in [5.74, 6) is 0. The molecule has 2 rings (SSSR count). The molecule has 1 aromatic carbocycles. The molecule has 8 heteroatoms. The van der Waals surface area contributed by atoms with Gasteiger partial charge in [-0.3, -0.25) is 0 Å². The van der Waals surface area contributed by atoms with Crippen LogP contribution in [-0.4, -0.2) is 29.9 Å². The molecule has 21 heavy (non-hydrogen) atoms. The number of rotatable bonds is 4. The van der Waals surface area contributed by atoms with Gasteiger partial charge in [-0.05, 0) is 25.0 Å². The molecule has 0 aromatic heterocycles. The molecule has 0 atom stereocenters. The summed E-state index contributed by atoms with van der Waals surface area (Å²) < 4.78 is 63.3. The molecule has 1 saturated carbocycles. The third-order valence-corrected chi connectivity index (χ3v) is 3.06. The highest BCUT2D eigenvalue weighted by atomic mass is 19.4. The molecule has 0 radical (unpaired) electrons. The number of alkyl halides is 5. The monoisotopic (exact) mass is 308 g/mol. The lowest BCUT2D eigenvalue weighted by Crippen LogP contribution is -2.40. The van der Waals surface area contributed by atoms with Crippen LogP contribution in [0.2, 0.25) is 0 Å². The van der Waals surface area contributed by atoms with Crippen molar-refractivity contribution in [2.75, 3.05) is 11.9 Å². The summed E-state index contributed by atoms with van der Waals surface area (Å²) in [5, 5.41) is 2.08. The molecule has 0 saturated heterocycles. The number of nitrogens with one attached hydrogen (secondary N) is 1. The second-order valence-corrected chi connectivity index (χ2v) is 4.75. The fourth-order valence-electron chi connectivity index (χ4n) is 1.96. The summed E-state index contributed by atoms with van der Waals surface area (Å²) in [6, 6.07) is 3.18. The number of hydrogen-bond donors (Lipinski definition) is 1. The lowest BCUT2D eigenvalue weighted by molar-refractivity contribution is -0.136. The van der Waals surface area contributed by atoms with Crippen LogP contribution in [0.25, 0.3) is 0 Å². The Morgan fingerprint density at radius 3 is 2.43 bits per heavy atom. The van der Waals surface area contributed by atoms with E-state index in [1.807, 2.05) is 0 Å². The van der Waals surface area contributed by atoms with Gasteiger partial charge in [0.2, 0.25) is 0 Å². The highest BCUT2D eigenvalue weighted by Gasteiger charge is 2.37. The average molecular weight is 308 g/mol. The highest BCUT2D eigenvalue weighted by molar-refractivity contribution is 5.90. The van der Waals surface area contributed by atoms with E-state index in [-0.39, 0.29) is 6.04 Å². The van der Waals surface area contributed by atoms with Crippen molar-refractivity contribution >= 4 is 11.7 Å². The van der Waals surface area contributed by atoms with Gasteiger partial charge in [-0.2, -0.15) is 13.2 Å². The first-order chi connectivity index (χ1) is 9.79. The molecule has 0 bridgehead atoms. The summed E-state index contributed by atoms with van der Waals surface area (Å²) in [7, 11) is 0. The third kappa shape index (κ3) is 4.05. The van der Waals surface area contributed by atoms with Crippen molar-refractivity contribution in [1.82, 2.24) is 4.90 Å². The number of urea groups is 1. The zero-order valence-electron chi connectivity index (χ0n) is 10.8. The number of carbonyl (C=O) groups is 1. The van der Waals surface area contributed by atoms with Gasteiger partial charge in [-0.25, -0.2) is 13.6 Å². The number of nitrogens with zero attached hydrogens (tertiary/aromatic N) is 1. The topological polar surface area (TPSA) is 32.3 Å². The average Bonchev–Trinajstić information content (AvgIpc) is 3.19. The molecule has 3 nitrogen and oxygen atoms in total. The van der Waals surface area contributed by atoms with Crippen LogP contribution in [0.1, 0.15) is 18.4 Å². The summed E-state index contributed by atoms with van der Waals surface area (Å²) in [5.41, 5.74) is -1.44. The van der Waals surface area contributed by atoms with Crippen LogP contribution < -0.4 is 5.32 Å². The number of amides is 2. The standard InChI is InChI=1S/C13H13F5N2O/c14-11(15)7-20(8-5-6-8)12(21)19-10-4-2-1-3-9(10)13(16,17)18/h1-4,8,11H,5-7H2,(H,19,21). The molecule has 2 amide bonds. The van der Waals surface area contributed by atoms with Gasteiger partial charge < -0.3 is 10.2 Å². The molecule has 1 aliphatic rings. The third-order valence-electron chi connectivity index (χ3n) is 3.06. The molecule has 0 aliphatic heterocycles. The second-order valence-electron chi connectivity index (χ2n) is 4.75. The van der Waals surface area contributed by atoms with Crippen molar-refractivity contribution in [3.63, 3.8) is 0 Å². The van der Waals surface area contributed by atoms with Crippen molar-refractivity contribution in [1.29, 1.82) is 0 Å². The molecule has 1 N–H and O–H groups in total. The van der Waals surface area contributed by atoms with Crippen molar-refractivity contribution in [3.05, 3.63) is 29.8 Å². The van der Waals surface area contributed by atoms with Crippen LogP contribution in [0.4, 0.5) is 32.4 Å². The van der Waals surface area contributed by atoms with Gasteiger partial charge in [0.05, 0.1) is 17.8 Å². The number of anilines is 1. The first kappa shape index (κ1) is 15.5. The summed E-state index contributed by atoms with van der Waals surface area (Å²) in [6.45, 7) is -0.787. The first-order valence-electron chi connectivity index (χ1n) is 6.31. The van der Waals surface area contributed by atoms with Gasteiger partial charge in [0, 0.05) is 6.04 Å². The second kappa shape index (κ2) is 5.87. The smallest absolute Gasteiger partial charge is 0.316 e. The maximum atomic E-state index is 12.8. The van der Waals surface area contributed by atoms with E-state index >= 15 is 0 Å². The Bertz CT molecular complexity index is 514. The molecular formula is C13H13F5N2O. The molecule has 116 valence electrons. The van der Waals surface area contributed by atoms with Gasteiger partial charge in [-0.15, -0.1) is 0 Å². The highest BCUT2D eigenvalue weighted by Crippen LogP contribution is 2.35. The van der Waals surface area contributed by atoms with Crippen LogP contribution in [0.5, 0.6) is 0 Å². The molecule has 1 fully saturated rings. The largest absolute Gasteiger partial charge is 0.418 e. The maximum Gasteiger partial charge on any atom is 0.418 e. The first-order valence-corrected chi connectivity index (χ1v) is 6.31. The Morgan fingerprint density at radius 2 is 1.90 bits per heavy atom. The Hall–Kier alpha value is -1.86. The lowest BCUT2D eigenvalue weighted by Gasteiger charge is -2.23. The van der Waals surface area contributed by atoms with Gasteiger partial charge in [-0.1, -0.05) is 12.1 Å². The van der Waals surface area contributed by atoms with Crippen LogP contribution >= 0.6 is 0 Å². The fraction of sp³-hybridized carbons (Fsp3) is 0.462. The molecule has 1 aromatic rings. The van der Waals surface area contributed by atoms with Crippen molar-refractivity contribution in [2.24, 2.45) is 0 Å². The van der Waals surface area contributed by atoms with E-state index in [0.29, 0.717) is 12.8 Å². The number of benzene rings is 1. The minimum Gasteiger partial charge on any atom is -0.316 e. The van der Waals surface area contributed by atoms with E-state index in [1.165, 1.54) is 12.1 Å². The zero-order valence-corrected chi connectivity index (χ0v) is 10.8. The normalized spacial score (nSPS) is 15.1. The number of carbonyl (C=O) groups excluding carboxylic acids is 1. The van der Waals surface area contributed by atoms with E-state index in [0.717, 1.165) is 17.0 Å². The van der Waals surface area contributed by atoms with Crippen molar-refractivity contribution in [3.8, 4) is 0 Å². The van der Waals surface area contributed by atoms with Gasteiger partial charge in [0.25, 0.3) is 6.43 Å². The molecule has 0 unspecified atom stereocenters. The van der Waals surface area contributed by atoms with Crippen LogP contribution in [0.15, 0.2) is 24.3 Å². The summed E-state index contributed by atoms with van der Waals surface area (Å²) >= 11 is 0. The van der Waals surface area contributed by atoms with E-state index in [2.05, 4.69) is 5.32 Å². The Balaban J connectivity index is 2.15. The maximum absolute atomic E-state index is 12.8. The van der Waals surface area contributed by atoms with Crippen LogP contribution in [0.3, 0.4) is 0 Å². The van der Waals surface area contributed by atoms with Crippen molar-refractivity contribution in [2.45, 2.75) is 31.5 Å².